The summed E-state index contributed by atoms with van der Waals surface area (Å²) in [6.07, 6.45) is 0. The Hall–Kier alpha value is -1.54. The lowest BCUT2D eigenvalue weighted by Crippen LogP contribution is -1.99. The monoisotopic (exact) mass is 236 g/mol. The number of carboxylic acids is 1. The fraction of sp³-hybridized carbons (Fsp3) is 0. The van der Waals surface area contributed by atoms with E-state index in [-0.39, 0.29) is 16.3 Å². The Labute approximate surface area is 87.8 Å². The van der Waals surface area contributed by atoms with Crippen molar-refractivity contribution < 1.29 is 35.2 Å². The lowest BCUT2D eigenvalue weighted by atomic mass is 10.2. The van der Waals surface area contributed by atoms with Gasteiger partial charge in [-0.15, -0.1) is 0 Å². The predicted molar refractivity (Wildman–Crippen MR) is 46.0 cm³/mol. The Kier molecular flexibility index (Phi) is 3.69. The van der Waals surface area contributed by atoms with Gasteiger partial charge >= 0.3 is 5.97 Å². The van der Waals surface area contributed by atoms with Crippen LogP contribution in [0.25, 0.3) is 0 Å². The molecule has 8 heteroatoms. The topological polar surface area (TPSA) is 105 Å². The molecule has 1 heterocycles. The lowest BCUT2D eigenvalue weighted by Gasteiger charge is -1.94. The van der Waals surface area contributed by atoms with E-state index in [0.717, 1.165) is 0 Å². The summed E-state index contributed by atoms with van der Waals surface area (Å²) in [5.41, 5.74) is 0.00116. The van der Waals surface area contributed by atoms with Gasteiger partial charge in [0.25, 0.3) is 0 Å². The molecule has 0 spiro atoms. The second-order valence-corrected chi connectivity index (χ2v) is 2.69. The van der Waals surface area contributed by atoms with E-state index in [4.69, 9.17) is 27.2 Å². The van der Waals surface area contributed by atoms with E-state index in [9.17, 15) is 4.79 Å². The van der Waals surface area contributed by atoms with Crippen molar-refractivity contribution in [2.75, 3.05) is 0 Å². The molecule has 7 nitrogen and oxygen atoms in total. The van der Waals surface area contributed by atoms with Crippen molar-refractivity contribution in [2.24, 2.45) is 0 Å². The summed E-state index contributed by atoms with van der Waals surface area (Å²) < 4.78 is 0. The van der Waals surface area contributed by atoms with E-state index in [2.05, 4.69) is 14.8 Å². The Balaban J connectivity index is 0.000000337. The molecular weight excluding hydrogens is 232 g/mol. The van der Waals surface area contributed by atoms with Crippen LogP contribution in [0.1, 0.15) is 10.4 Å². The Morgan fingerprint density at radius 3 is 2.47 bits per heavy atom. The van der Waals surface area contributed by atoms with Gasteiger partial charge in [0.05, 0.1) is 0 Å². The van der Waals surface area contributed by atoms with Crippen molar-refractivity contribution in [3.8, 4) is 11.5 Å². The number of carbonyl (C=O) groups is 1. The minimum Gasteiger partial charge on any atom is -0.478 e. The molecule has 0 radical (unpaired) electrons. The molecule has 0 atom stereocenters. The van der Waals surface area contributed by atoms with Gasteiger partial charge in [-0.05, 0) is 12.1 Å². The van der Waals surface area contributed by atoms with E-state index in [0.29, 0.717) is 5.75 Å². The summed E-state index contributed by atoms with van der Waals surface area (Å²) >= 11 is 5.68. The summed E-state index contributed by atoms with van der Waals surface area (Å²) in [6, 6.07) is 2.83. The van der Waals surface area contributed by atoms with E-state index in [1.165, 1.54) is 12.1 Å². The first-order valence-electron chi connectivity index (χ1n) is 3.47. The molecule has 0 aliphatic carbocycles. The number of halogens is 1. The van der Waals surface area contributed by atoms with Crippen molar-refractivity contribution in [1.82, 2.24) is 0 Å². The molecule has 1 aliphatic rings. The molecule has 1 aromatic carbocycles. The number of hydrogen-bond acceptors (Lipinski definition) is 6. The number of hydrogen-bond donors (Lipinski definition) is 3. The highest BCUT2D eigenvalue weighted by molar-refractivity contribution is 6.34. The zero-order chi connectivity index (χ0) is 11.4. The maximum absolute atomic E-state index is 10.6. The maximum Gasteiger partial charge on any atom is 0.339 e. The van der Waals surface area contributed by atoms with Crippen LogP contribution in [0.2, 0.25) is 5.02 Å². The van der Waals surface area contributed by atoms with Crippen LogP contribution >= 0.6 is 11.6 Å². The molecule has 82 valence electrons. The lowest BCUT2D eigenvalue weighted by molar-refractivity contribution is -0.465. The number of aromatic carboxylic acids is 1. The quantitative estimate of drug-likeness (QED) is 0.503. The van der Waals surface area contributed by atoms with E-state index < -0.39 is 5.97 Å². The molecule has 2 rings (SSSR count). The smallest absolute Gasteiger partial charge is 0.339 e. The fourth-order valence-electron chi connectivity index (χ4n) is 0.939. The average molecular weight is 237 g/mol. The first kappa shape index (κ1) is 11.5. The number of fused-ring (bicyclic) bond motifs is 2. The van der Waals surface area contributed by atoms with Crippen LogP contribution < -0.4 is 9.78 Å². The van der Waals surface area contributed by atoms with Gasteiger partial charge in [0.2, 0.25) is 11.5 Å². The van der Waals surface area contributed by atoms with Crippen LogP contribution in [-0.2, 0) is 5.04 Å². The van der Waals surface area contributed by atoms with Gasteiger partial charge in [-0.1, -0.05) is 16.6 Å². The van der Waals surface area contributed by atoms with Crippen molar-refractivity contribution in [1.29, 1.82) is 0 Å². The summed E-state index contributed by atoms with van der Waals surface area (Å²) in [6.45, 7) is 0. The number of benzene rings is 1. The molecule has 0 amide bonds. The third kappa shape index (κ3) is 2.28. The van der Waals surface area contributed by atoms with Crippen LogP contribution in [-0.4, -0.2) is 21.6 Å². The van der Waals surface area contributed by atoms with Gasteiger partial charge in [0.15, 0.2) is 0 Å². The van der Waals surface area contributed by atoms with Gasteiger partial charge in [-0.25, -0.2) is 15.3 Å². The van der Waals surface area contributed by atoms with Crippen molar-refractivity contribution in [3.05, 3.63) is 22.7 Å². The van der Waals surface area contributed by atoms with Crippen LogP contribution in [0, 0.1) is 0 Å². The fourth-order valence-corrected chi connectivity index (χ4v) is 1.17. The molecular formula is C7H5ClO7. The summed E-state index contributed by atoms with van der Waals surface area (Å²) in [5.74, 6) is -0.678. The highest BCUT2D eigenvalue weighted by atomic mass is 35.5. The molecule has 2 bridgehead atoms. The average Bonchev–Trinajstić information content (AvgIpc) is 2.43. The van der Waals surface area contributed by atoms with E-state index in [1.807, 2.05) is 0 Å². The molecule has 0 fully saturated rings. The molecule has 1 aromatic rings. The zero-order valence-electron chi connectivity index (χ0n) is 7.01. The third-order valence-electron chi connectivity index (χ3n) is 1.51. The van der Waals surface area contributed by atoms with Gasteiger partial charge in [-0.2, -0.15) is 0 Å². The molecule has 1 aliphatic heterocycles. The van der Waals surface area contributed by atoms with Crippen LogP contribution in [0.15, 0.2) is 12.1 Å². The van der Waals surface area contributed by atoms with Gasteiger partial charge in [-0.3, -0.25) is 9.78 Å². The normalized spacial score (nSPS) is 10.9. The van der Waals surface area contributed by atoms with Gasteiger partial charge in [0, 0.05) is 0 Å². The molecule has 0 saturated carbocycles. The van der Waals surface area contributed by atoms with E-state index >= 15 is 0 Å². The number of carboxylic acid groups (broad SMARTS) is 1. The molecule has 0 aromatic heterocycles. The Morgan fingerprint density at radius 1 is 1.33 bits per heavy atom. The second-order valence-electron chi connectivity index (χ2n) is 2.31. The SMILES string of the molecule is O=C(O)c1ccc2c(Cl)c1OO2.OOO. The molecule has 0 unspecified atom stereocenters. The second kappa shape index (κ2) is 4.80. The number of rotatable bonds is 1. The molecule has 0 saturated heterocycles. The first-order valence-corrected chi connectivity index (χ1v) is 3.85. The Bertz CT molecular complexity index is 378. The van der Waals surface area contributed by atoms with E-state index in [1.54, 1.807) is 0 Å². The zero-order valence-corrected chi connectivity index (χ0v) is 7.76. The maximum atomic E-state index is 10.6. The highest BCUT2D eigenvalue weighted by Crippen LogP contribution is 2.42. The summed E-state index contributed by atoms with van der Waals surface area (Å²) in [5, 5.41) is 24.4. The highest BCUT2D eigenvalue weighted by Gasteiger charge is 2.26. The molecule has 15 heavy (non-hydrogen) atoms. The predicted octanol–water partition coefficient (Wildman–Crippen LogP) is 1.67. The minimum absolute atomic E-state index is 0.00116. The first-order chi connectivity index (χ1) is 7.11. The van der Waals surface area contributed by atoms with Crippen LogP contribution in [0.3, 0.4) is 0 Å². The van der Waals surface area contributed by atoms with Crippen LogP contribution in [0.4, 0.5) is 0 Å². The third-order valence-corrected chi connectivity index (χ3v) is 1.86. The standard InChI is InChI=1S/C7H3ClO4.H2O3/c8-5-4-2-1-3(7(9)10)6(5)12-11-4;1-3-2/h1-2H,(H,9,10);1-2H. The van der Waals surface area contributed by atoms with Crippen molar-refractivity contribution in [2.45, 2.75) is 0 Å². The van der Waals surface area contributed by atoms with Crippen molar-refractivity contribution >= 4 is 17.6 Å². The summed E-state index contributed by atoms with van der Waals surface area (Å²) in [4.78, 5) is 19.8. The van der Waals surface area contributed by atoms with Gasteiger partial charge in [0.1, 0.15) is 10.6 Å². The Morgan fingerprint density at radius 2 is 1.93 bits per heavy atom. The van der Waals surface area contributed by atoms with Crippen LogP contribution in [0.5, 0.6) is 11.5 Å². The summed E-state index contributed by atoms with van der Waals surface area (Å²) in [7, 11) is 0. The minimum atomic E-state index is -1.09. The largest absolute Gasteiger partial charge is 0.478 e. The van der Waals surface area contributed by atoms with Crippen molar-refractivity contribution in [3.63, 3.8) is 0 Å². The van der Waals surface area contributed by atoms with Gasteiger partial charge < -0.3 is 5.11 Å². The molecule has 3 N–H and O–H groups in total.